The van der Waals surface area contributed by atoms with Gasteiger partial charge in [0.2, 0.25) is 5.91 Å². The SMILES string of the molecule is CC(O)(CC(=O)NCc1nccn1C(F)F)c1ccccc1. The minimum atomic E-state index is -2.71. The Morgan fingerprint density at radius 2 is 2.09 bits per heavy atom. The molecule has 7 heteroatoms. The summed E-state index contributed by atoms with van der Waals surface area (Å²) in [7, 11) is 0. The molecule has 0 radical (unpaired) electrons. The summed E-state index contributed by atoms with van der Waals surface area (Å²) < 4.78 is 26.0. The minimum absolute atomic E-state index is 0.0581. The molecular formula is C15H17F2N3O2. The molecule has 118 valence electrons. The molecule has 1 amide bonds. The van der Waals surface area contributed by atoms with Gasteiger partial charge in [0.25, 0.3) is 0 Å². The quantitative estimate of drug-likeness (QED) is 0.859. The Kier molecular flexibility index (Phi) is 4.87. The van der Waals surface area contributed by atoms with Gasteiger partial charge in [-0.3, -0.25) is 9.36 Å². The van der Waals surface area contributed by atoms with Crippen molar-refractivity contribution in [2.24, 2.45) is 0 Å². The van der Waals surface area contributed by atoms with E-state index in [0.29, 0.717) is 10.1 Å². The molecule has 0 fully saturated rings. The van der Waals surface area contributed by atoms with Gasteiger partial charge in [-0.15, -0.1) is 0 Å². The van der Waals surface area contributed by atoms with E-state index in [-0.39, 0.29) is 18.8 Å². The number of alkyl halides is 2. The van der Waals surface area contributed by atoms with Gasteiger partial charge in [0.05, 0.1) is 18.6 Å². The number of aromatic nitrogens is 2. The maximum atomic E-state index is 12.6. The van der Waals surface area contributed by atoms with Crippen LogP contribution in [0.25, 0.3) is 0 Å². The lowest BCUT2D eigenvalue weighted by Crippen LogP contribution is -2.33. The molecule has 2 aromatic rings. The van der Waals surface area contributed by atoms with Crippen LogP contribution in [0.3, 0.4) is 0 Å². The molecule has 1 unspecified atom stereocenters. The zero-order valence-corrected chi connectivity index (χ0v) is 12.0. The van der Waals surface area contributed by atoms with Gasteiger partial charge in [0.1, 0.15) is 5.82 Å². The average molecular weight is 309 g/mol. The Hall–Kier alpha value is -2.28. The summed E-state index contributed by atoms with van der Waals surface area (Å²) in [6.07, 6.45) is 2.21. The molecule has 0 saturated heterocycles. The fourth-order valence-corrected chi connectivity index (χ4v) is 2.11. The van der Waals surface area contributed by atoms with E-state index >= 15 is 0 Å². The molecule has 1 aromatic heterocycles. The number of benzene rings is 1. The summed E-state index contributed by atoms with van der Waals surface area (Å²) in [5, 5.41) is 12.8. The van der Waals surface area contributed by atoms with Crippen LogP contribution in [0.5, 0.6) is 0 Å². The molecule has 0 aliphatic rings. The number of nitrogens with one attached hydrogen (secondary N) is 1. The van der Waals surface area contributed by atoms with E-state index in [1.807, 2.05) is 6.07 Å². The molecule has 1 heterocycles. The zero-order chi connectivity index (χ0) is 16.2. The number of aliphatic hydroxyl groups is 1. The predicted molar refractivity (Wildman–Crippen MR) is 76.0 cm³/mol. The number of nitrogens with zero attached hydrogens (tertiary/aromatic N) is 2. The Morgan fingerprint density at radius 3 is 2.73 bits per heavy atom. The fourth-order valence-electron chi connectivity index (χ4n) is 2.11. The molecule has 1 atom stereocenters. The highest BCUT2D eigenvalue weighted by molar-refractivity contribution is 5.77. The molecule has 0 spiro atoms. The van der Waals surface area contributed by atoms with Crippen LogP contribution in [0, 0.1) is 0 Å². The van der Waals surface area contributed by atoms with Crippen molar-refractivity contribution in [3.05, 3.63) is 54.1 Å². The van der Waals surface area contributed by atoms with E-state index in [0.717, 1.165) is 6.20 Å². The molecule has 1 aromatic carbocycles. The number of rotatable bonds is 6. The van der Waals surface area contributed by atoms with Gasteiger partial charge in [0, 0.05) is 12.4 Å². The van der Waals surface area contributed by atoms with Crippen molar-refractivity contribution < 1.29 is 18.7 Å². The Morgan fingerprint density at radius 1 is 1.41 bits per heavy atom. The molecule has 22 heavy (non-hydrogen) atoms. The van der Waals surface area contributed by atoms with Gasteiger partial charge >= 0.3 is 6.55 Å². The standard InChI is InChI=1S/C15H17F2N3O2/c1-15(22,11-5-3-2-4-6-11)9-13(21)19-10-12-18-7-8-20(12)14(16)17/h2-8,14,22H,9-10H2,1H3,(H,19,21). The third-order valence-corrected chi connectivity index (χ3v) is 3.30. The maximum absolute atomic E-state index is 12.6. The highest BCUT2D eigenvalue weighted by Gasteiger charge is 2.26. The predicted octanol–water partition coefficient (Wildman–Crippen LogP) is 2.19. The second kappa shape index (κ2) is 6.65. The van der Waals surface area contributed by atoms with Crippen LogP contribution >= 0.6 is 0 Å². The lowest BCUT2D eigenvalue weighted by Gasteiger charge is -2.23. The molecule has 5 nitrogen and oxygen atoms in total. The first-order valence-electron chi connectivity index (χ1n) is 6.74. The fraction of sp³-hybridized carbons (Fsp3) is 0.333. The van der Waals surface area contributed by atoms with Crippen LogP contribution < -0.4 is 5.32 Å². The van der Waals surface area contributed by atoms with E-state index < -0.39 is 18.1 Å². The first-order valence-corrected chi connectivity index (χ1v) is 6.74. The summed E-state index contributed by atoms with van der Waals surface area (Å²) in [5.74, 6) is -0.389. The van der Waals surface area contributed by atoms with Crippen molar-refractivity contribution in [3.63, 3.8) is 0 Å². The molecule has 0 aliphatic carbocycles. The summed E-state index contributed by atoms with van der Waals surface area (Å²) in [6.45, 7) is -1.30. The monoisotopic (exact) mass is 309 g/mol. The van der Waals surface area contributed by atoms with Crippen molar-refractivity contribution in [3.8, 4) is 0 Å². The Labute approximate surface area is 126 Å². The van der Waals surface area contributed by atoms with Crippen LogP contribution in [0.1, 0.15) is 31.3 Å². The number of halogens is 2. The zero-order valence-electron chi connectivity index (χ0n) is 12.0. The van der Waals surface area contributed by atoms with Crippen molar-refractivity contribution in [2.45, 2.75) is 32.0 Å². The third kappa shape index (κ3) is 3.88. The van der Waals surface area contributed by atoms with Crippen molar-refractivity contribution in [2.75, 3.05) is 0 Å². The number of hydrogen-bond acceptors (Lipinski definition) is 3. The number of amides is 1. The van der Waals surface area contributed by atoms with Crippen molar-refractivity contribution >= 4 is 5.91 Å². The second-order valence-electron chi connectivity index (χ2n) is 5.12. The average Bonchev–Trinajstić information content (AvgIpc) is 2.94. The third-order valence-electron chi connectivity index (χ3n) is 3.30. The number of hydrogen-bond donors (Lipinski definition) is 2. The number of imidazole rings is 1. The minimum Gasteiger partial charge on any atom is -0.385 e. The van der Waals surface area contributed by atoms with Crippen LogP contribution in [0.15, 0.2) is 42.7 Å². The Bertz CT molecular complexity index is 627. The molecular weight excluding hydrogens is 292 g/mol. The van der Waals surface area contributed by atoms with E-state index in [9.17, 15) is 18.7 Å². The first kappa shape index (κ1) is 16.1. The van der Waals surface area contributed by atoms with E-state index in [1.54, 1.807) is 24.3 Å². The van der Waals surface area contributed by atoms with Gasteiger partial charge in [-0.1, -0.05) is 30.3 Å². The highest BCUT2D eigenvalue weighted by Crippen LogP contribution is 2.24. The van der Waals surface area contributed by atoms with Gasteiger partial charge in [0.15, 0.2) is 0 Å². The van der Waals surface area contributed by atoms with E-state index in [2.05, 4.69) is 10.3 Å². The van der Waals surface area contributed by atoms with Gasteiger partial charge in [-0.2, -0.15) is 8.78 Å². The first-order chi connectivity index (χ1) is 10.4. The molecule has 0 bridgehead atoms. The topological polar surface area (TPSA) is 67.2 Å². The smallest absolute Gasteiger partial charge is 0.319 e. The second-order valence-corrected chi connectivity index (χ2v) is 5.12. The summed E-state index contributed by atoms with van der Waals surface area (Å²) in [5.41, 5.74) is -0.719. The molecule has 2 rings (SSSR count). The molecule has 0 aliphatic heterocycles. The van der Waals surface area contributed by atoms with E-state index in [1.165, 1.54) is 13.1 Å². The summed E-state index contributed by atoms with van der Waals surface area (Å²) >= 11 is 0. The lowest BCUT2D eigenvalue weighted by atomic mass is 9.92. The van der Waals surface area contributed by atoms with Crippen LogP contribution in [-0.4, -0.2) is 20.6 Å². The van der Waals surface area contributed by atoms with E-state index in [4.69, 9.17) is 0 Å². The summed E-state index contributed by atoms with van der Waals surface area (Å²) in [4.78, 5) is 15.7. The summed E-state index contributed by atoms with van der Waals surface area (Å²) in [6, 6.07) is 8.78. The molecule has 0 saturated carbocycles. The largest absolute Gasteiger partial charge is 0.385 e. The number of carbonyl (C=O) groups is 1. The van der Waals surface area contributed by atoms with Crippen LogP contribution in [0.4, 0.5) is 8.78 Å². The van der Waals surface area contributed by atoms with Crippen molar-refractivity contribution in [1.82, 2.24) is 14.9 Å². The lowest BCUT2D eigenvalue weighted by molar-refractivity contribution is -0.126. The van der Waals surface area contributed by atoms with Gasteiger partial charge in [-0.25, -0.2) is 4.98 Å². The van der Waals surface area contributed by atoms with Crippen LogP contribution in [-0.2, 0) is 16.9 Å². The van der Waals surface area contributed by atoms with Gasteiger partial charge in [-0.05, 0) is 12.5 Å². The maximum Gasteiger partial charge on any atom is 0.319 e. The highest BCUT2D eigenvalue weighted by atomic mass is 19.3. The Balaban J connectivity index is 1.94. The normalized spacial score (nSPS) is 13.9. The van der Waals surface area contributed by atoms with Crippen molar-refractivity contribution in [1.29, 1.82) is 0 Å². The van der Waals surface area contributed by atoms with Crippen LogP contribution in [0.2, 0.25) is 0 Å². The molecule has 2 N–H and O–H groups in total. The van der Waals surface area contributed by atoms with Gasteiger partial charge < -0.3 is 10.4 Å². The number of carbonyl (C=O) groups excluding carboxylic acids is 1.